The SMILES string of the molecule is NS(=O)(=O)c1ccc(OC(F)(F)F)cc1Br. The molecule has 9 heteroatoms. The Morgan fingerprint density at radius 2 is 1.88 bits per heavy atom. The zero-order chi connectivity index (χ0) is 12.6. The Balaban J connectivity index is 3.10. The Hall–Kier alpha value is -0.800. The molecule has 1 aromatic carbocycles. The van der Waals surface area contributed by atoms with E-state index >= 15 is 0 Å². The van der Waals surface area contributed by atoms with Crippen molar-refractivity contribution in [3.63, 3.8) is 0 Å². The molecule has 0 radical (unpaired) electrons. The number of rotatable bonds is 2. The van der Waals surface area contributed by atoms with Crippen molar-refractivity contribution in [2.45, 2.75) is 11.3 Å². The summed E-state index contributed by atoms with van der Waals surface area (Å²) in [5, 5.41) is 4.81. The van der Waals surface area contributed by atoms with Gasteiger partial charge in [0, 0.05) is 4.47 Å². The number of benzene rings is 1. The predicted molar refractivity (Wildman–Crippen MR) is 52.2 cm³/mol. The maximum absolute atomic E-state index is 11.8. The maximum atomic E-state index is 11.8. The van der Waals surface area contributed by atoms with Crippen molar-refractivity contribution < 1.29 is 26.3 Å². The van der Waals surface area contributed by atoms with Crippen LogP contribution in [0.5, 0.6) is 5.75 Å². The van der Waals surface area contributed by atoms with E-state index in [1.54, 1.807) is 0 Å². The topological polar surface area (TPSA) is 69.4 Å². The number of ether oxygens (including phenoxy) is 1. The van der Waals surface area contributed by atoms with Crippen LogP contribution in [0, 0.1) is 0 Å². The fraction of sp³-hybridized carbons (Fsp3) is 0.143. The van der Waals surface area contributed by atoms with Crippen molar-refractivity contribution in [1.29, 1.82) is 0 Å². The molecule has 0 unspecified atom stereocenters. The molecule has 0 saturated carbocycles. The molecule has 0 spiro atoms. The minimum Gasteiger partial charge on any atom is -0.406 e. The van der Waals surface area contributed by atoms with Crippen LogP contribution in [-0.4, -0.2) is 14.8 Å². The second-order valence-corrected chi connectivity index (χ2v) is 5.07. The van der Waals surface area contributed by atoms with Gasteiger partial charge in [0.15, 0.2) is 0 Å². The zero-order valence-electron chi connectivity index (χ0n) is 7.45. The summed E-state index contributed by atoms with van der Waals surface area (Å²) in [5.74, 6) is -0.535. The summed E-state index contributed by atoms with van der Waals surface area (Å²) in [6, 6.07) is 2.64. The number of alkyl halides is 3. The molecule has 1 rings (SSSR count). The Morgan fingerprint density at radius 1 is 1.31 bits per heavy atom. The second kappa shape index (κ2) is 4.22. The van der Waals surface area contributed by atoms with Crippen molar-refractivity contribution in [1.82, 2.24) is 0 Å². The molecule has 0 atom stereocenters. The van der Waals surface area contributed by atoms with E-state index in [4.69, 9.17) is 5.14 Å². The van der Waals surface area contributed by atoms with Gasteiger partial charge >= 0.3 is 6.36 Å². The lowest BCUT2D eigenvalue weighted by molar-refractivity contribution is -0.274. The van der Waals surface area contributed by atoms with Crippen molar-refractivity contribution in [3.8, 4) is 5.75 Å². The van der Waals surface area contributed by atoms with E-state index in [-0.39, 0.29) is 9.37 Å². The minimum absolute atomic E-state index is 0.100. The summed E-state index contributed by atoms with van der Waals surface area (Å²) in [7, 11) is -3.98. The van der Waals surface area contributed by atoms with E-state index in [1.165, 1.54) is 0 Å². The molecule has 90 valence electrons. The molecular weight excluding hydrogens is 315 g/mol. The highest BCUT2D eigenvalue weighted by Gasteiger charge is 2.31. The summed E-state index contributed by atoms with van der Waals surface area (Å²) < 4.78 is 60.8. The van der Waals surface area contributed by atoms with Gasteiger partial charge in [0.1, 0.15) is 5.75 Å². The fourth-order valence-corrected chi connectivity index (χ4v) is 2.53. The number of sulfonamides is 1. The van der Waals surface area contributed by atoms with E-state index in [1.807, 2.05) is 0 Å². The first-order chi connectivity index (χ1) is 7.09. The monoisotopic (exact) mass is 319 g/mol. The molecule has 0 aromatic heterocycles. The minimum atomic E-state index is -4.83. The highest BCUT2D eigenvalue weighted by atomic mass is 79.9. The first-order valence-electron chi connectivity index (χ1n) is 3.68. The van der Waals surface area contributed by atoms with Crippen LogP contribution in [-0.2, 0) is 10.0 Å². The second-order valence-electron chi connectivity index (χ2n) is 2.69. The van der Waals surface area contributed by atoms with Crippen LogP contribution in [0.4, 0.5) is 13.2 Å². The van der Waals surface area contributed by atoms with Gasteiger partial charge in [0.25, 0.3) is 0 Å². The predicted octanol–water partition coefficient (Wildman–Crippen LogP) is 2.00. The molecule has 1 aromatic rings. The molecule has 0 aliphatic rings. The summed E-state index contributed by atoms with van der Waals surface area (Å²) in [4.78, 5) is -0.318. The number of hydrogen-bond donors (Lipinski definition) is 1. The van der Waals surface area contributed by atoms with E-state index in [0.717, 1.165) is 18.2 Å². The summed E-state index contributed by atoms with van der Waals surface area (Å²) >= 11 is 2.78. The third kappa shape index (κ3) is 3.65. The molecule has 0 fully saturated rings. The average Bonchev–Trinajstić information content (AvgIpc) is 1.97. The lowest BCUT2D eigenvalue weighted by atomic mass is 10.3. The molecule has 4 nitrogen and oxygen atoms in total. The molecule has 0 heterocycles. The lowest BCUT2D eigenvalue weighted by Gasteiger charge is -2.10. The molecule has 16 heavy (non-hydrogen) atoms. The number of halogens is 4. The lowest BCUT2D eigenvalue weighted by Crippen LogP contribution is -2.17. The van der Waals surface area contributed by atoms with Crippen LogP contribution in [0.3, 0.4) is 0 Å². The Labute approximate surface area is 97.4 Å². The Morgan fingerprint density at radius 3 is 2.25 bits per heavy atom. The van der Waals surface area contributed by atoms with Crippen LogP contribution in [0.15, 0.2) is 27.6 Å². The first-order valence-corrected chi connectivity index (χ1v) is 6.01. The van der Waals surface area contributed by atoms with E-state index in [9.17, 15) is 21.6 Å². The average molecular weight is 320 g/mol. The van der Waals surface area contributed by atoms with Crippen molar-refractivity contribution in [2.75, 3.05) is 0 Å². The molecule has 0 saturated heterocycles. The van der Waals surface area contributed by atoms with Gasteiger partial charge in [-0.05, 0) is 34.1 Å². The van der Waals surface area contributed by atoms with Crippen LogP contribution >= 0.6 is 15.9 Å². The largest absolute Gasteiger partial charge is 0.573 e. The van der Waals surface area contributed by atoms with Gasteiger partial charge < -0.3 is 4.74 Å². The first kappa shape index (κ1) is 13.3. The van der Waals surface area contributed by atoms with Gasteiger partial charge in [0.05, 0.1) is 4.90 Å². The van der Waals surface area contributed by atoms with Gasteiger partial charge in [0.2, 0.25) is 10.0 Å². The quantitative estimate of drug-likeness (QED) is 0.906. The van der Waals surface area contributed by atoms with Crippen LogP contribution in [0.2, 0.25) is 0 Å². The van der Waals surface area contributed by atoms with E-state index in [0.29, 0.717) is 0 Å². The molecule has 0 bridgehead atoms. The third-order valence-corrected chi connectivity index (χ3v) is 3.33. The normalized spacial score (nSPS) is 12.6. The summed E-state index contributed by atoms with van der Waals surface area (Å²) in [6.45, 7) is 0. The molecular formula is C7H5BrF3NO3S. The smallest absolute Gasteiger partial charge is 0.406 e. The van der Waals surface area contributed by atoms with Gasteiger partial charge in [-0.3, -0.25) is 0 Å². The van der Waals surface area contributed by atoms with Gasteiger partial charge in [-0.15, -0.1) is 13.2 Å². The van der Waals surface area contributed by atoms with Gasteiger partial charge in [-0.25, -0.2) is 13.6 Å². The maximum Gasteiger partial charge on any atom is 0.573 e. The highest BCUT2D eigenvalue weighted by molar-refractivity contribution is 9.10. The van der Waals surface area contributed by atoms with Gasteiger partial charge in [-0.2, -0.15) is 0 Å². The van der Waals surface area contributed by atoms with E-state index in [2.05, 4.69) is 20.7 Å². The summed E-state index contributed by atoms with van der Waals surface area (Å²) in [5.41, 5.74) is 0. The van der Waals surface area contributed by atoms with Crippen molar-refractivity contribution in [3.05, 3.63) is 22.7 Å². The molecule has 0 aliphatic carbocycles. The molecule has 0 aliphatic heterocycles. The number of nitrogens with two attached hydrogens (primary N) is 1. The fourth-order valence-electron chi connectivity index (χ4n) is 0.909. The van der Waals surface area contributed by atoms with Gasteiger partial charge in [-0.1, -0.05) is 0 Å². The Kier molecular flexibility index (Phi) is 3.50. The van der Waals surface area contributed by atoms with Crippen LogP contribution in [0.25, 0.3) is 0 Å². The van der Waals surface area contributed by atoms with Crippen molar-refractivity contribution >= 4 is 26.0 Å². The highest BCUT2D eigenvalue weighted by Crippen LogP contribution is 2.29. The number of hydrogen-bond acceptors (Lipinski definition) is 3. The van der Waals surface area contributed by atoms with Crippen LogP contribution < -0.4 is 9.88 Å². The molecule has 0 amide bonds. The number of primary sulfonamides is 1. The standard InChI is InChI=1S/C7H5BrF3NO3S/c8-5-3-4(15-7(9,10)11)1-2-6(5)16(12,13)14/h1-3H,(H2,12,13,14). The third-order valence-electron chi connectivity index (χ3n) is 1.44. The summed E-state index contributed by atoms with van der Waals surface area (Å²) in [6.07, 6.45) is -4.83. The van der Waals surface area contributed by atoms with Crippen molar-refractivity contribution in [2.24, 2.45) is 5.14 Å². The molecule has 2 N–H and O–H groups in total. The van der Waals surface area contributed by atoms with Crippen LogP contribution in [0.1, 0.15) is 0 Å². The Bertz CT molecular complexity index is 500. The zero-order valence-corrected chi connectivity index (χ0v) is 9.86. The van der Waals surface area contributed by atoms with E-state index < -0.39 is 22.1 Å².